The molecule has 0 saturated carbocycles. The second-order valence-corrected chi connectivity index (χ2v) is 7.77. The lowest BCUT2D eigenvalue weighted by Crippen LogP contribution is -2.44. The number of urea groups is 1. The summed E-state index contributed by atoms with van der Waals surface area (Å²) < 4.78 is 13.2. The molecule has 0 aliphatic carbocycles. The number of rotatable bonds is 5. The predicted molar refractivity (Wildman–Crippen MR) is 120 cm³/mol. The topological polar surface area (TPSA) is 87.2 Å². The summed E-state index contributed by atoms with van der Waals surface area (Å²) >= 11 is 0. The van der Waals surface area contributed by atoms with Crippen molar-refractivity contribution in [2.24, 2.45) is 5.92 Å². The Bertz CT molecular complexity index is 1080. The number of carbonyl (C=O) groups excluding carboxylic acids is 2. The van der Waals surface area contributed by atoms with E-state index in [-0.39, 0.29) is 11.8 Å². The molecule has 1 fully saturated rings. The van der Waals surface area contributed by atoms with E-state index >= 15 is 0 Å². The first kappa shape index (κ1) is 21.4. The number of anilines is 1. The average Bonchev–Trinajstić information content (AvgIpc) is 2.83. The molecule has 4 rings (SSSR count). The van der Waals surface area contributed by atoms with E-state index in [0.717, 1.165) is 18.4 Å². The zero-order chi connectivity index (χ0) is 22.3. The van der Waals surface area contributed by atoms with Crippen LogP contribution in [0.4, 0.5) is 14.9 Å². The molecule has 164 valence electrons. The number of nitrogens with zero attached hydrogens (tertiary/aromatic N) is 3. The van der Waals surface area contributed by atoms with E-state index < -0.39 is 11.8 Å². The van der Waals surface area contributed by atoms with E-state index in [1.165, 1.54) is 18.2 Å². The van der Waals surface area contributed by atoms with Gasteiger partial charge in [-0.25, -0.2) is 19.2 Å². The second kappa shape index (κ2) is 10.00. The van der Waals surface area contributed by atoms with Gasteiger partial charge in [0.1, 0.15) is 5.82 Å². The largest absolute Gasteiger partial charge is 0.338 e. The first-order valence-electron chi connectivity index (χ1n) is 10.6. The van der Waals surface area contributed by atoms with Gasteiger partial charge in [-0.1, -0.05) is 36.4 Å². The highest BCUT2D eigenvalue weighted by Gasteiger charge is 2.25. The van der Waals surface area contributed by atoms with Crippen molar-refractivity contribution in [3.05, 3.63) is 78.4 Å². The fourth-order valence-electron chi connectivity index (χ4n) is 3.75. The van der Waals surface area contributed by atoms with Gasteiger partial charge < -0.3 is 15.5 Å². The van der Waals surface area contributed by atoms with Gasteiger partial charge in [0, 0.05) is 43.3 Å². The van der Waals surface area contributed by atoms with Gasteiger partial charge in [-0.2, -0.15) is 0 Å². The van der Waals surface area contributed by atoms with Crippen molar-refractivity contribution in [1.29, 1.82) is 0 Å². The number of halogens is 1. The molecule has 1 unspecified atom stereocenters. The molecule has 1 saturated heterocycles. The standard InChI is InChI=1S/C24H24FN5O2/c25-20-9-4-10-21(12-20)29-24(32)28-13-17-6-5-11-30(16-17)23(31)19-14-26-22(27-15-19)18-7-2-1-3-8-18/h1-4,7-10,12,14-15,17H,5-6,11,13,16H2,(H2,28,29,32). The van der Waals surface area contributed by atoms with Crippen molar-refractivity contribution in [3.8, 4) is 11.4 Å². The van der Waals surface area contributed by atoms with Crippen molar-refractivity contribution < 1.29 is 14.0 Å². The molecule has 7 nitrogen and oxygen atoms in total. The molecule has 1 aliphatic heterocycles. The quantitative estimate of drug-likeness (QED) is 0.638. The number of hydrogen-bond donors (Lipinski definition) is 2. The Morgan fingerprint density at radius 3 is 2.59 bits per heavy atom. The van der Waals surface area contributed by atoms with Crippen LogP contribution in [0.2, 0.25) is 0 Å². The van der Waals surface area contributed by atoms with Crippen LogP contribution in [0.3, 0.4) is 0 Å². The highest BCUT2D eigenvalue weighted by Crippen LogP contribution is 2.19. The first-order valence-corrected chi connectivity index (χ1v) is 10.6. The lowest BCUT2D eigenvalue weighted by atomic mass is 9.97. The van der Waals surface area contributed by atoms with Gasteiger partial charge in [0.05, 0.1) is 5.56 Å². The third kappa shape index (κ3) is 5.46. The van der Waals surface area contributed by atoms with Crippen molar-refractivity contribution >= 4 is 17.6 Å². The van der Waals surface area contributed by atoms with E-state index in [1.807, 2.05) is 30.3 Å². The maximum Gasteiger partial charge on any atom is 0.319 e. The molecule has 2 N–H and O–H groups in total. The van der Waals surface area contributed by atoms with Crippen LogP contribution in [-0.2, 0) is 0 Å². The van der Waals surface area contributed by atoms with Gasteiger partial charge in [0.25, 0.3) is 5.91 Å². The average molecular weight is 433 g/mol. The van der Waals surface area contributed by atoms with E-state index in [4.69, 9.17) is 0 Å². The Hall–Kier alpha value is -3.81. The summed E-state index contributed by atoms with van der Waals surface area (Å²) in [5.41, 5.74) is 1.73. The third-order valence-corrected chi connectivity index (χ3v) is 5.37. The minimum atomic E-state index is -0.412. The highest BCUT2D eigenvalue weighted by atomic mass is 19.1. The Morgan fingerprint density at radius 2 is 1.84 bits per heavy atom. The van der Waals surface area contributed by atoms with Gasteiger partial charge in [0.2, 0.25) is 0 Å². The maximum absolute atomic E-state index is 13.2. The van der Waals surface area contributed by atoms with Gasteiger partial charge in [-0.15, -0.1) is 0 Å². The molecule has 3 amide bonds. The van der Waals surface area contributed by atoms with Crippen LogP contribution in [-0.4, -0.2) is 46.4 Å². The van der Waals surface area contributed by atoms with Crippen LogP contribution < -0.4 is 10.6 Å². The van der Waals surface area contributed by atoms with Gasteiger partial charge in [-0.05, 0) is 37.0 Å². The molecule has 0 bridgehead atoms. The number of nitrogens with one attached hydrogen (secondary N) is 2. The van der Waals surface area contributed by atoms with Crippen LogP contribution in [0.5, 0.6) is 0 Å². The van der Waals surface area contributed by atoms with Crippen molar-refractivity contribution in [3.63, 3.8) is 0 Å². The molecule has 0 radical (unpaired) electrons. The predicted octanol–water partition coefficient (Wildman–Crippen LogP) is 3.96. The molecular weight excluding hydrogens is 409 g/mol. The molecular formula is C24H24FN5O2. The molecule has 2 aromatic carbocycles. The summed E-state index contributed by atoms with van der Waals surface area (Å²) in [5, 5.41) is 5.42. The minimum absolute atomic E-state index is 0.112. The van der Waals surface area contributed by atoms with Crippen LogP contribution in [0.1, 0.15) is 23.2 Å². The number of hydrogen-bond acceptors (Lipinski definition) is 4. The van der Waals surface area contributed by atoms with E-state index in [1.54, 1.807) is 23.4 Å². The Balaban J connectivity index is 1.30. The van der Waals surface area contributed by atoms with Gasteiger partial charge in [0.15, 0.2) is 5.82 Å². The molecule has 0 spiro atoms. The van der Waals surface area contributed by atoms with Crippen LogP contribution >= 0.6 is 0 Å². The number of likely N-dealkylation sites (tertiary alicyclic amines) is 1. The molecule has 3 aromatic rings. The fraction of sp³-hybridized carbons (Fsp3) is 0.250. The third-order valence-electron chi connectivity index (χ3n) is 5.37. The molecule has 1 aliphatic rings. The smallest absolute Gasteiger partial charge is 0.319 e. The summed E-state index contributed by atoms with van der Waals surface area (Å²) in [5.74, 6) is 0.186. The first-order chi connectivity index (χ1) is 15.6. The monoisotopic (exact) mass is 433 g/mol. The summed E-state index contributed by atoms with van der Waals surface area (Å²) in [6, 6.07) is 14.9. The summed E-state index contributed by atoms with van der Waals surface area (Å²) in [6.07, 6.45) is 4.89. The van der Waals surface area contributed by atoms with Crippen molar-refractivity contribution in [2.75, 3.05) is 25.0 Å². The van der Waals surface area contributed by atoms with Crippen molar-refractivity contribution in [1.82, 2.24) is 20.2 Å². The van der Waals surface area contributed by atoms with Crippen LogP contribution in [0.25, 0.3) is 11.4 Å². The summed E-state index contributed by atoms with van der Waals surface area (Å²) in [7, 11) is 0. The zero-order valence-electron chi connectivity index (χ0n) is 17.5. The summed E-state index contributed by atoms with van der Waals surface area (Å²) in [4.78, 5) is 35.5. The Kier molecular flexibility index (Phi) is 6.69. The normalized spacial score (nSPS) is 15.8. The fourth-order valence-corrected chi connectivity index (χ4v) is 3.75. The lowest BCUT2D eigenvalue weighted by Gasteiger charge is -2.32. The van der Waals surface area contributed by atoms with Gasteiger partial charge in [-0.3, -0.25) is 4.79 Å². The second-order valence-electron chi connectivity index (χ2n) is 7.77. The number of amides is 3. The number of carbonyl (C=O) groups is 2. The van der Waals surface area contributed by atoms with E-state index in [2.05, 4.69) is 20.6 Å². The number of benzene rings is 2. The minimum Gasteiger partial charge on any atom is -0.338 e. The SMILES string of the molecule is O=C(NCC1CCCN(C(=O)c2cnc(-c3ccccc3)nc2)C1)Nc1cccc(F)c1. The summed E-state index contributed by atoms with van der Waals surface area (Å²) in [6.45, 7) is 1.62. The molecule has 32 heavy (non-hydrogen) atoms. The maximum atomic E-state index is 13.2. The van der Waals surface area contributed by atoms with Crippen LogP contribution in [0.15, 0.2) is 67.0 Å². The molecule has 1 atom stereocenters. The molecule has 1 aromatic heterocycles. The lowest BCUT2D eigenvalue weighted by molar-refractivity contribution is 0.0674. The van der Waals surface area contributed by atoms with E-state index in [0.29, 0.717) is 36.7 Å². The van der Waals surface area contributed by atoms with Crippen LogP contribution in [0, 0.1) is 11.7 Å². The van der Waals surface area contributed by atoms with E-state index in [9.17, 15) is 14.0 Å². The number of aromatic nitrogens is 2. The molecule has 2 heterocycles. The van der Waals surface area contributed by atoms with Crippen molar-refractivity contribution in [2.45, 2.75) is 12.8 Å². The zero-order valence-corrected chi connectivity index (χ0v) is 17.5. The Morgan fingerprint density at radius 1 is 1.06 bits per heavy atom. The molecule has 8 heteroatoms. The number of piperidine rings is 1. The Labute approximate surface area is 185 Å². The highest BCUT2D eigenvalue weighted by molar-refractivity contribution is 5.94. The van der Waals surface area contributed by atoms with Gasteiger partial charge >= 0.3 is 6.03 Å².